The Morgan fingerprint density at radius 3 is 2.86 bits per heavy atom. The van der Waals surface area contributed by atoms with E-state index in [1.54, 1.807) is 11.3 Å². The zero-order chi connectivity index (χ0) is 16.1. The van der Waals surface area contributed by atoms with Crippen molar-refractivity contribution in [2.75, 3.05) is 19.0 Å². The van der Waals surface area contributed by atoms with Crippen LogP contribution in [-0.4, -0.2) is 23.6 Å². The molecule has 0 fully saturated rings. The van der Waals surface area contributed by atoms with Crippen LogP contribution in [0.2, 0.25) is 0 Å². The molecule has 0 saturated carbocycles. The van der Waals surface area contributed by atoms with Crippen LogP contribution >= 0.6 is 11.3 Å². The number of thiazole rings is 1. The van der Waals surface area contributed by atoms with Gasteiger partial charge in [0.2, 0.25) is 5.82 Å². The van der Waals surface area contributed by atoms with Crippen molar-refractivity contribution in [1.82, 2.24) is 4.98 Å². The lowest BCUT2D eigenvalue weighted by Gasteiger charge is -2.09. The number of halogens is 1. The molecule has 0 aliphatic carbocycles. The number of nitrogens with one attached hydrogen (secondary N) is 1. The summed E-state index contributed by atoms with van der Waals surface area (Å²) in [5.74, 6) is -0.692. The van der Waals surface area contributed by atoms with Gasteiger partial charge in [-0.3, -0.25) is 10.1 Å². The quantitative estimate of drug-likeness (QED) is 0.623. The Morgan fingerprint density at radius 2 is 2.27 bits per heavy atom. The van der Waals surface area contributed by atoms with Crippen molar-refractivity contribution < 1.29 is 14.1 Å². The molecule has 2 aromatic rings. The van der Waals surface area contributed by atoms with Crippen LogP contribution in [0.4, 0.5) is 15.8 Å². The first kappa shape index (κ1) is 16.2. The molecule has 0 saturated heterocycles. The molecule has 6 nitrogen and oxygen atoms in total. The Morgan fingerprint density at radius 1 is 1.50 bits per heavy atom. The van der Waals surface area contributed by atoms with Crippen LogP contribution in [0.5, 0.6) is 5.75 Å². The smallest absolute Gasteiger partial charge is 0.327 e. The second-order valence-electron chi connectivity index (χ2n) is 4.51. The van der Waals surface area contributed by atoms with Gasteiger partial charge in [0, 0.05) is 36.2 Å². The van der Waals surface area contributed by atoms with Crippen LogP contribution in [0.3, 0.4) is 0 Å². The Hall–Kier alpha value is -2.22. The number of methoxy groups -OCH3 is 1. The number of anilines is 1. The van der Waals surface area contributed by atoms with Crippen LogP contribution in [0.1, 0.15) is 16.8 Å². The number of hydrogen-bond acceptors (Lipinski definition) is 6. The summed E-state index contributed by atoms with van der Waals surface area (Å²) in [6.07, 6.45) is 3.37. The standard InChI is InChI=1S/C14H16FN3O3S/c1-3-10-8-17-13(22-10)4-5-16-12-7-9(21-2)6-11(15)14(12)18(19)20/h6-8,16H,3-5H2,1-2H3. The van der Waals surface area contributed by atoms with Gasteiger partial charge in [-0.05, 0) is 6.42 Å². The molecule has 0 unspecified atom stereocenters. The van der Waals surface area contributed by atoms with E-state index >= 15 is 0 Å². The van der Waals surface area contributed by atoms with Crippen molar-refractivity contribution in [3.8, 4) is 5.75 Å². The fourth-order valence-electron chi connectivity index (χ4n) is 1.94. The predicted octanol–water partition coefficient (Wildman–Crippen LogP) is 3.42. The SMILES string of the molecule is CCc1cnc(CCNc2cc(OC)cc(F)c2[N+](=O)[O-])s1. The number of nitro groups is 1. The fourth-order valence-corrected chi connectivity index (χ4v) is 2.81. The number of aryl methyl sites for hydroxylation is 1. The Labute approximate surface area is 131 Å². The van der Waals surface area contributed by atoms with Gasteiger partial charge in [0.25, 0.3) is 0 Å². The molecule has 0 radical (unpaired) electrons. The third-order valence-electron chi connectivity index (χ3n) is 3.06. The maximum atomic E-state index is 13.8. The van der Waals surface area contributed by atoms with Crippen LogP contribution in [0, 0.1) is 15.9 Å². The van der Waals surface area contributed by atoms with Crippen LogP contribution in [0.15, 0.2) is 18.3 Å². The summed E-state index contributed by atoms with van der Waals surface area (Å²) in [6, 6.07) is 2.41. The highest BCUT2D eigenvalue weighted by molar-refractivity contribution is 7.11. The maximum absolute atomic E-state index is 13.8. The van der Waals surface area contributed by atoms with Crippen LogP contribution < -0.4 is 10.1 Å². The van der Waals surface area contributed by atoms with Crippen molar-refractivity contribution in [2.24, 2.45) is 0 Å². The minimum atomic E-state index is -0.922. The zero-order valence-electron chi connectivity index (χ0n) is 12.3. The minimum Gasteiger partial charge on any atom is -0.497 e. The van der Waals surface area contributed by atoms with Crippen LogP contribution in [-0.2, 0) is 12.8 Å². The molecule has 0 aliphatic heterocycles. The minimum absolute atomic E-state index is 0.106. The number of benzene rings is 1. The number of aromatic nitrogens is 1. The van der Waals surface area contributed by atoms with E-state index in [1.807, 2.05) is 6.20 Å². The lowest BCUT2D eigenvalue weighted by molar-refractivity contribution is -0.386. The molecule has 0 amide bonds. The molecule has 1 aromatic carbocycles. The van der Waals surface area contributed by atoms with Crippen molar-refractivity contribution >= 4 is 22.7 Å². The average Bonchev–Trinajstić information content (AvgIpc) is 2.94. The third kappa shape index (κ3) is 3.70. The molecule has 1 N–H and O–H groups in total. The first-order chi connectivity index (χ1) is 10.5. The van der Waals surface area contributed by atoms with E-state index < -0.39 is 16.4 Å². The molecule has 1 aromatic heterocycles. The number of rotatable bonds is 7. The highest BCUT2D eigenvalue weighted by atomic mass is 32.1. The van der Waals surface area contributed by atoms with Gasteiger partial charge in [-0.2, -0.15) is 4.39 Å². The monoisotopic (exact) mass is 325 g/mol. The number of hydrogen-bond donors (Lipinski definition) is 1. The summed E-state index contributed by atoms with van der Waals surface area (Å²) >= 11 is 1.61. The topological polar surface area (TPSA) is 77.3 Å². The van der Waals surface area contributed by atoms with Crippen molar-refractivity contribution in [3.63, 3.8) is 0 Å². The van der Waals surface area contributed by atoms with E-state index in [9.17, 15) is 14.5 Å². The summed E-state index contributed by atoms with van der Waals surface area (Å²) in [7, 11) is 1.38. The Balaban J connectivity index is 2.10. The highest BCUT2D eigenvalue weighted by Gasteiger charge is 2.22. The summed E-state index contributed by atoms with van der Waals surface area (Å²) in [4.78, 5) is 15.7. The van der Waals surface area contributed by atoms with E-state index in [-0.39, 0.29) is 11.4 Å². The number of nitro benzene ring substituents is 1. The van der Waals surface area contributed by atoms with Crippen molar-refractivity contribution in [3.05, 3.63) is 44.1 Å². The number of ether oxygens (including phenoxy) is 1. The largest absolute Gasteiger partial charge is 0.497 e. The number of nitrogens with zero attached hydrogens (tertiary/aromatic N) is 2. The molecule has 0 aliphatic rings. The van der Waals surface area contributed by atoms with E-state index in [0.29, 0.717) is 13.0 Å². The van der Waals surface area contributed by atoms with E-state index in [4.69, 9.17) is 4.74 Å². The molecular weight excluding hydrogens is 309 g/mol. The predicted molar refractivity (Wildman–Crippen MR) is 83.3 cm³/mol. The van der Waals surface area contributed by atoms with E-state index in [2.05, 4.69) is 17.2 Å². The van der Waals surface area contributed by atoms with Gasteiger partial charge in [0.15, 0.2) is 0 Å². The molecule has 2 rings (SSSR count). The van der Waals surface area contributed by atoms with Gasteiger partial charge >= 0.3 is 5.69 Å². The zero-order valence-corrected chi connectivity index (χ0v) is 13.1. The van der Waals surface area contributed by atoms with Crippen molar-refractivity contribution in [2.45, 2.75) is 19.8 Å². The average molecular weight is 325 g/mol. The highest BCUT2D eigenvalue weighted by Crippen LogP contribution is 2.32. The normalized spacial score (nSPS) is 10.5. The molecule has 0 spiro atoms. The summed E-state index contributed by atoms with van der Waals surface area (Å²) < 4.78 is 18.7. The van der Waals surface area contributed by atoms with Gasteiger partial charge in [0.05, 0.1) is 17.0 Å². The van der Waals surface area contributed by atoms with E-state index in [0.717, 1.165) is 17.5 Å². The van der Waals surface area contributed by atoms with Gasteiger partial charge in [-0.15, -0.1) is 11.3 Å². The second-order valence-corrected chi connectivity index (χ2v) is 5.71. The summed E-state index contributed by atoms with van der Waals surface area (Å²) in [5, 5.41) is 14.8. The lowest BCUT2D eigenvalue weighted by Crippen LogP contribution is -2.08. The van der Waals surface area contributed by atoms with E-state index in [1.165, 1.54) is 18.1 Å². The van der Waals surface area contributed by atoms with Crippen molar-refractivity contribution in [1.29, 1.82) is 0 Å². The summed E-state index contributed by atoms with van der Waals surface area (Å²) in [5.41, 5.74) is -0.469. The molecule has 8 heteroatoms. The Bertz CT molecular complexity index is 675. The summed E-state index contributed by atoms with van der Waals surface area (Å²) in [6.45, 7) is 2.47. The molecule has 118 valence electrons. The molecule has 0 bridgehead atoms. The first-order valence-electron chi connectivity index (χ1n) is 6.74. The van der Waals surface area contributed by atoms with Crippen LogP contribution in [0.25, 0.3) is 0 Å². The Kier molecular flexibility index (Phi) is 5.26. The third-order valence-corrected chi connectivity index (χ3v) is 4.26. The van der Waals surface area contributed by atoms with Gasteiger partial charge < -0.3 is 10.1 Å². The molecule has 22 heavy (non-hydrogen) atoms. The maximum Gasteiger partial charge on any atom is 0.327 e. The lowest BCUT2D eigenvalue weighted by atomic mass is 10.2. The van der Waals surface area contributed by atoms with Gasteiger partial charge in [0.1, 0.15) is 11.4 Å². The first-order valence-corrected chi connectivity index (χ1v) is 7.56. The van der Waals surface area contributed by atoms with Gasteiger partial charge in [-0.1, -0.05) is 6.92 Å². The molecule has 1 heterocycles. The fraction of sp³-hybridized carbons (Fsp3) is 0.357. The van der Waals surface area contributed by atoms with Gasteiger partial charge in [-0.25, -0.2) is 4.98 Å². The molecule has 0 atom stereocenters. The second kappa shape index (κ2) is 7.17. The molecular formula is C14H16FN3O3S.